The van der Waals surface area contributed by atoms with Crippen molar-refractivity contribution in [1.29, 1.82) is 5.26 Å². The van der Waals surface area contributed by atoms with Gasteiger partial charge in [0.1, 0.15) is 17.0 Å². The van der Waals surface area contributed by atoms with Crippen molar-refractivity contribution in [1.82, 2.24) is 14.5 Å². The minimum atomic E-state index is -3.75. The molecule has 0 aliphatic carbocycles. The molecule has 1 aromatic heterocycles. The molecule has 2 heterocycles. The fraction of sp³-hybridized carbons (Fsp3) is 0.190. The summed E-state index contributed by atoms with van der Waals surface area (Å²) in [6.07, 6.45) is 0.152. The summed E-state index contributed by atoms with van der Waals surface area (Å²) in [7, 11) is -2.22. The van der Waals surface area contributed by atoms with Crippen LogP contribution < -0.4 is 10.4 Å². The molecule has 0 bridgehead atoms. The minimum Gasteiger partial charge on any atom is -0.316 e. The standard InChI is InChI=1S/C21H18BrFN7O3P/c1-13-19-21(29(26-13)11-5-10-24)25-20(15-6-3-4-7-17(15)23)28(2)34(19,33)27-18-9-8-14(30(31)32)12-16(18)22/h3-4,6-9,12H,5,11H2,1-2H3,(H,27,33)/t34-/m1/s1. The molecule has 0 saturated heterocycles. The van der Waals surface area contributed by atoms with Gasteiger partial charge in [0.2, 0.25) is 0 Å². The van der Waals surface area contributed by atoms with Crippen molar-refractivity contribution in [3.8, 4) is 6.07 Å². The second kappa shape index (κ2) is 9.00. The lowest BCUT2D eigenvalue weighted by molar-refractivity contribution is -0.384. The molecule has 1 N–H and O–H groups in total. The fourth-order valence-corrected chi connectivity index (χ4v) is 6.71. The van der Waals surface area contributed by atoms with Crippen molar-refractivity contribution in [3.63, 3.8) is 0 Å². The van der Waals surface area contributed by atoms with Crippen molar-refractivity contribution in [3.05, 3.63) is 74.1 Å². The van der Waals surface area contributed by atoms with Gasteiger partial charge in [-0.25, -0.2) is 14.1 Å². The van der Waals surface area contributed by atoms with E-state index in [1.807, 2.05) is 6.07 Å². The second-order valence-corrected chi connectivity index (χ2v) is 10.7. The first-order valence-corrected chi connectivity index (χ1v) is 12.5. The van der Waals surface area contributed by atoms with Gasteiger partial charge in [-0.15, -0.1) is 0 Å². The number of nitriles is 1. The van der Waals surface area contributed by atoms with Crippen molar-refractivity contribution in [2.45, 2.75) is 19.9 Å². The maximum atomic E-state index is 14.7. The van der Waals surface area contributed by atoms with E-state index in [9.17, 15) is 19.1 Å². The van der Waals surface area contributed by atoms with E-state index in [4.69, 9.17) is 5.26 Å². The van der Waals surface area contributed by atoms with E-state index < -0.39 is 18.2 Å². The van der Waals surface area contributed by atoms with Crippen molar-refractivity contribution >= 4 is 51.7 Å². The number of benzene rings is 2. The molecule has 4 rings (SSSR count). The average Bonchev–Trinajstić information content (AvgIpc) is 3.12. The number of anilines is 1. The molecule has 0 amide bonds. The molecule has 1 aliphatic rings. The molecule has 174 valence electrons. The molecule has 3 aromatic rings. The Labute approximate surface area is 202 Å². The number of nitro groups is 1. The van der Waals surface area contributed by atoms with Crippen LogP contribution in [-0.2, 0) is 11.1 Å². The highest BCUT2D eigenvalue weighted by atomic mass is 79.9. The van der Waals surface area contributed by atoms with Crippen LogP contribution in [0.5, 0.6) is 0 Å². The maximum Gasteiger partial charge on any atom is 0.296 e. The highest BCUT2D eigenvalue weighted by molar-refractivity contribution is 9.10. The van der Waals surface area contributed by atoms with Crippen LogP contribution in [0, 0.1) is 34.2 Å². The Balaban J connectivity index is 1.91. The van der Waals surface area contributed by atoms with Crippen LogP contribution >= 0.6 is 23.4 Å². The first kappa shape index (κ1) is 23.6. The van der Waals surface area contributed by atoms with Gasteiger partial charge in [-0.3, -0.25) is 19.3 Å². The van der Waals surface area contributed by atoms with E-state index in [2.05, 4.69) is 31.1 Å². The number of hydrogen-bond donors (Lipinski definition) is 1. The molecule has 0 spiro atoms. The predicted octanol–water partition coefficient (Wildman–Crippen LogP) is 4.87. The number of nitro benzene ring substituents is 1. The molecule has 1 aliphatic heterocycles. The number of non-ortho nitro benzene ring substituents is 1. The van der Waals surface area contributed by atoms with E-state index in [0.29, 0.717) is 21.2 Å². The van der Waals surface area contributed by atoms with Gasteiger partial charge in [-0.05, 0) is 41.1 Å². The molecular weight excluding hydrogens is 528 g/mol. The largest absolute Gasteiger partial charge is 0.316 e. The summed E-state index contributed by atoms with van der Waals surface area (Å²) in [5.41, 5.74) is 0.782. The Kier molecular flexibility index (Phi) is 6.25. The topological polar surface area (TPSA) is 129 Å². The molecule has 0 fully saturated rings. The highest BCUT2D eigenvalue weighted by Gasteiger charge is 2.43. The van der Waals surface area contributed by atoms with Crippen LogP contribution in [0.4, 0.5) is 21.6 Å². The lowest BCUT2D eigenvalue weighted by Gasteiger charge is -2.35. The van der Waals surface area contributed by atoms with Gasteiger partial charge in [0.15, 0.2) is 5.82 Å². The predicted molar refractivity (Wildman–Crippen MR) is 129 cm³/mol. The number of hydrogen-bond acceptors (Lipinski definition) is 6. The number of aryl methyl sites for hydroxylation is 2. The molecule has 0 saturated carbocycles. The molecule has 13 heteroatoms. The Morgan fingerprint density at radius 2 is 2.06 bits per heavy atom. The monoisotopic (exact) mass is 545 g/mol. The molecule has 2 aromatic carbocycles. The molecule has 34 heavy (non-hydrogen) atoms. The normalized spacial score (nSPS) is 17.0. The number of amidine groups is 1. The van der Waals surface area contributed by atoms with Gasteiger partial charge in [0, 0.05) is 23.7 Å². The van der Waals surface area contributed by atoms with E-state index >= 15 is 0 Å². The van der Waals surface area contributed by atoms with Crippen LogP contribution in [0.3, 0.4) is 0 Å². The number of aromatic nitrogens is 2. The van der Waals surface area contributed by atoms with Gasteiger partial charge in [-0.1, -0.05) is 12.1 Å². The number of fused-ring (bicyclic) bond motifs is 1. The minimum absolute atomic E-state index is 0.123. The van der Waals surface area contributed by atoms with Gasteiger partial charge < -0.3 is 5.09 Å². The van der Waals surface area contributed by atoms with E-state index in [0.717, 1.165) is 0 Å². The summed E-state index contributed by atoms with van der Waals surface area (Å²) in [5, 5.41) is 27.9. The quantitative estimate of drug-likeness (QED) is 0.265. The molecule has 0 unspecified atom stereocenters. The molecule has 0 radical (unpaired) electrons. The first-order chi connectivity index (χ1) is 16.2. The summed E-state index contributed by atoms with van der Waals surface area (Å²) in [6.45, 7) is 1.89. The zero-order chi connectivity index (χ0) is 24.6. The number of rotatable bonds is 6. The van der Waals surface area contributed by atoms with Crippen LogP contribution in [0.25, 0.3) is 0 Å². The van der Waals surface area contributed by atoms with Crippen molar-refractivity contribution in [2.75, 3.05) is 12.1 Å². The number of nitrogens with zero attached hydrogens (tertiary/aromatic N) is 6. The first-order valence-electron chi connectivity index (χ1n) is 10.0. The number of halogens is 2. The number of aliphatic imine (C=N–C) groups is 1. The third-order valence-electron chi connectivity index (χ3n) is 5.30. The number of nitrogens with one attached hydrogen (secondary N) is 1. The summed E-state index contributed by atoms with van der Waals surface area (Å²) < 4.78 is 32.6. The SMILES string of the molecule is Cc1nn(CCC#N)c2c1[P@@](=O)(Nc1ccc([N+](=O)[O-])cc1Br)N(C)C(c1ccccc1F)=N2. The zero-order valence-corrected chi connectivity index (χ0v) is 20.5. The Morgan fingerprint density at radius 1 is 1.32 bits per heavy atom. The van der Waals surface area contributed by atoms with E-state index in [1.165, 1.54) is 46.7 Å². The van der Waals surface area contributed by atoms with Gasteiger partial charge in [0.25, 0.3) is 13.1 Å². The summed E-state index contributed by atoms with van der Waals surface area (Å²) in [6, 6.07) is 12.1. The van der Waals surface area contributed by atoms with E-state index in [-0.39, 0.29) is 35.9 Å². The summed E-state index contributed by atoms with van der Waals surface area (Å²) in [4.78, 5) is 15.2. The summed E-state index contributed by atoms with van der Waals surface area (Å²) in [5.74, 6) is -0.157. The summed E-state index contributed by atoms with van der Waals surface area (Å²) >= 11 is 3.30. The van der Waals surface area contributed by atoms with Crippen LogP contribution in [0.1, 0.15) is 17.7 Å². The third-order valence-corrected chi connectivity index (χ3v) is 8.66. The lowest BCUT2D eigenvalue weighted by Crippen LogP contribution is -2.37. The van der Waals surface area contributed by atoms with Crippen molar-refractivity contribution in [2.24, 2.45) is 4.99 Å². The van der Waals surface area contributed by atoms with Gasteiger partial charge in [-0.2, -0.15) is 10.4 Å². The molecule has 1 atom stereocenters. The Hall–Kier alpha value is -3.55. The second-order valence-electron chi connectivity index (χ2n) is 7.44. The Bertz CT molecular complexity index is 1430. The molecular formula is C21H18BrFN7O3P. The fourth-order valence-electron chi connectivity index (χ4n) is 3.67. The van der Waals surface area contributed by atoms with Gasteiger partial charge >= 0.3 is 0 Å². The molecule has 10 nitrogen and oxygen atoms in total. The lowest BCUT2D eigenvalue weighted by atomic mass is 10.2. The van der Waals surface area contributed by atoms with Crippen LogP contribution in [0.2, 0.25) is 0 Å². The van der Waals surface area contributed by atoms with Gasteiger partial charge in [0.05, 0.1) is 40.9 Å². The Morgan fingerprint density at radius 3 is 2.71 bits per heavy atom. The zero-order valence-electron chi connectivity index (χ0n) is 18.1. The average molecular weight is 546 g/mol. The van der Waals surface area contributed by atoms with Crippen LogP contribution in [0.15, 0.2) is 51.9 Å². The maximum absolute atomic E-state index is 14.7. The highest BCUT2D eigenvalue weighted by Crippen LogP contribution is 2.54. The smallest absolute Gasteiger partial charge is 0.296 e. The van der Waals surface area contributed by atoms with Crippen LogP contribution in [-0.4, -0.2) is 32.3 Å². The third kappa shape index (κ3) is 3.97. The van der Waals surface area contributed by atoms with Crippen molar-refractivity contribution < 1.29 is 13.9 Å². The van der Waals surface area contributed by atoms with E-state index in [1.54, 1.807) is 19.1 Å².